The molecule has 0 aliphatic heterocycles. The number of ether oxygens (including phenoxy) is 1. The summed E-state index contributed by atoms with van der Waals surface area (Å²) in [6.07, 6.45) is 6.75. The quantitative estimate of drug-likeness (QED) is 0.587. The molecular weight excluding hydrogens is 204 g/mol. The fourth-order valence-corrected chi connectivity index (χ4v) is 2.78. The smallest absolute Gasteiger partial charge is 0.316 e. The van der Waals surface area contributed by atoms with E-state index in [9.17, 15) is 9.90 Å². The second-order valence-electron chi connectivity index (χ2n) is 5.11. The minimum Gasteiger partial charge on any atom is -0.459 e. The van der Waals surface area contributed by atoms with Gasteiger partial charge in [0.25, 0.3) is 0 Å². The van der Waals surface area contributed by atoms with Crippen molar-refractivity contribution < 1.29 is 14.6 Å². The molecule has 4 atom stereocenters. The number of fused-ring (bicyclic) bond motifs is 2. The van der Waals surface area contributed by atoms with Gasteiger partial charge in [-0.05, 0) is 38.5 Å². The number of aliphatic hydroxyl groups is 1. The van der Waals surface area contributed by atoms with Gasteiger partial charge < -0.3 is 9.84 Å². The molecule has 3 heteroatoms. The number of carbonyl (C=O) groups is 1. The summed E-state index contributed by atoms with van der Waals surface area (Å²) in [6.45, 7) is 3.59. The summed E-state index contributed by atoms with van der Waals surface area (Å²) in [6, 6.07) is 0. The van der Waals surface area contributed by atoms with E-state index in [-0.39, 0.29) is 17.5 Å². The first-order valence-corrected chi connectivity index (χ1v) is 6.16. The Hall–Kier alpha value is -0.830. The molecule has 1 N–H and O–H groups in total. The lowest BCUT2D eigenvalue weighted by Crippen LogP contribution is -2.35. The fraction of sp³-hybridized carbons (Fsp3) is 0.769. The first-order valence-electron chi connectivity index (χ1n) is 6.16. The van der Waals surface area contributed by atoms with E-state index in [1.807, 2.05) is 13.0 Å². The Balaban J connectivity index is 2.00. The number of hydrogen-bond acceptors (Lipinski definition) is 3. The summed E-state index contributed by atoms with van der Waals surface area (Å²) in [7, 11) is 0. The van der Waals surface area contributed by atoms with E-state index in [1.165, 1.54) is 0 Å². The maximum absolute atomic E-state index is 12.1. The maximum atomic E-state index is 12.1. The molecular formula is C13H20O3. The van der Waals surface area contributed by atoms with Crippen LogP contribution in [0.5, 0.6) is 0 Å². The maximum Gasteiger partial charge on any atom is 0.316 e. The van der Waals surface area contributed by atoms with Crippen molar-refractivity contribution in [1.29, 1.82) is 0 Å². The molecule has 0 heterocycles. The molecule has 0 radical (unpaired) electrons. The lowest BCUT2D eigenvalue weighted by molar-refractivity contribution is -0.163. The van der Waals surface area contributed by atoms with Crippen LogP contribution < -0.4 is 0 Å². The third kappa shape index (κ3) is 1.88. The van der Waals surface area contributed by atoms with Crippen LogP contribution in [0.25, 0.3) is 0 Å². The molecule has 3 nitrogen and oxygen atoms in total. The summed E-state index contributed by atoms with van der Waals surface area (Å²) < 4.78 is 5.43. The van der Waals surface area contributed by atoms with Crippen molar-refractivity contribution in [1.82, 2.24) is 0 Å². The first kappa shape index (κ1) is 11.6. The van der Waals surface area contributed by atoms with Gasteiger partial charge in [-0.25, -0.2) is 0 Å². The minimum absolute atomic E-state index is 0.142. The Kier molecular flexibility index (Phi) is 3.06. The van der Waals surface area contributed by atoms with E-state index in [0.717, 1.165) is 19.3 Å². The molecule has 0 aromatic rings. The molecule has 0 aromatic carbocycles. The van der Waals surface area contributed by atoms with Crippen LogP contribution in [-0.4, -0.2) is 23.3 Å². The van der Waals surface area contributed by atoms with Crippen LogP contribution in [0.15, 0.2) is 12.2 Å². The SMILES string of the molecule is CCC(OC(=O)C12C=CC(CC1)C2)C(C)O. The summed E-state index contributed by atoms with van der Waals surface area (Å²) in [5.41, 5.74) is -0.368. The number of carbonyl (C=O) groups excluding carboxylic acids is 1. The van der Waals surface area contributed by atoms with Gasteiger partial charge in [0.15, 0.2) is 0 Å². The van der Waals surface area contributed by atoms with Gasteiger partial charge in [-0.1, -0.05) is 19.1 Å². The largest absolute Gasteiger partial charge is 0.459 e. The van der Waals surface area contributed by atoms with E-state index in [0.29, 0.717) is 12.3 Å². The molecule has 2 rings (SSSR count). The van der Waals surface area contributed by atoms with Crippen molar-refractivity contribution in [2.24, 2.45) is 11.3 Å². The molecule has 1 saturated carbocycles. The van der Waals surface area contributed by atoms with E-state index in [2.05, 4.69) is 6.08 Å². The van der Waals surface area contributed by atoms with Crippen LogP contribution in [0.4, 0.5) is 0 Å². The average molecular weight is 224 g/mol. The first-order chi connectivity index (χ1) is 7.57. The Labute approximate surface area is 96.5 Å². The molecule has 2 bridgehead atoms. The van der Waals surface area contributed by atoms with Crippen LogP contribution in [0.3, 0.4) is 0 Å². The number of allylic oxidation sites excluding steroid dienone is 1. The zero-order valence-electron chi connectivity index (χ0n) is 9.98. The average Bonchev–Trinajstić information content (AvgIpc) is 2.86. The van der Waals surface area contributed by atoms with Gasteiger partial charge in [-0.15, -0.1) is 0 Å². The molecule has 90 valence electrons. The van der Waals surface area contributed by atoms with Crippen molar-refractivity contribution in [2.75, 3.05) is 0 Å². The van der Waals surface area contributed by atoms with Gasteiger partial charge in [0, 0.05) is 0 Å². The lowest BCUT2D eigenvalue weighted by Gasteiger charge is -2.26. The van der Waals surface area contributed by atoms with E-state index in [1.54, 1.807) is 6.92 Å². The van der Waals surface area contributed by atoms with Crippen LogP contribution in [0, 0.1) is 11.3 Å². The fourth-order valence-electron chi connectivity index (χ4n) is 2.78. The Morgan fingerprint density at radius 3 is 2.81 bits per heavy atom. The Bertz CT molecular complexity index is 308. The summed E-state index contributed by atoms with van der Waals surface area (Å²) in [4.78, 5) is 12.1. The van der Waals surface area contributed by atoms with E-state index < -0.39 is 6.10 Å². The standard InChI is InChI=1S/C13H20O3/c1-3-11(9(2)14)16-12(15)13-6-4-10(8-13)5-7-13/h4,6,9-11,14H,3,5,7-8H2,1-2H3. The molecule has 0 saturated heterocycles. The zero-order valence-corrected chi connectivity index (χ0v) is 9.98. The Morgan fingerprint density at radius 2 is 2.44 bits per heavy atom. The Morgan fingerprint density at radius 1 is 1.69 bits per heavy atom. The van der Waals surface area contributed by atoms with Gasteiger partial charge in [0.05, 0.1) is 11.5 Å². The second-order valence-corrected chi connectivity index (χ2v) is 5.11. The van der Waals surface area contributed by atoms with Gasteiger partial charge >= 0.3 is 5.97 Å². The van der Waals surface area contributed by atoms with Crippen molar-refractivity contribution in [2.45, 2.75) is 51.7 Å². The minimum atomic E-state index is -0.590. The van der Waals surface area contributed by atoms with Crippen molar-refractivity contribution in [3.05, 3.63) is 12.2 Å². The highest BCUT2D eigenvalue weighted by Crippen LogP contribution is 2.50. The predicted molar refractivity (Wildman–Crippen MR) is 60.8 cm³/mol. The van der Waals surface area contributed by atoms with E-state index in [4.69, 9.17) is 4.74 Å². The topological polar surface area (TPSA) is 46.5 Å². The van der Waals surface area contributed by atoms with Crippen LogP contribution in [-0.2, 0) is 9.53 Å². The molecule has 0 aromatic heterocycles. The molecule has 0 amide bonds. The predicted octanol–water partition coefficient (Wildman–Crippen LogP) is 2.05. The number of hydrogen-bond donors (Lipinski definition) is 1. The van der Waals surface area contributed by atoms with Crippen molar-refractivity contribution >= 4 is 5.97 Å². The molecule has 2 aliphatic rings. The highest BCUT2D eigenvalue weighted by molar-refractivity contribution is 5.80. The highest BCUT2D eigenvalue weighted by atomic mass is 16.6. The number of rotatable bonds is 4. The van der Waals surface area contributed by atoms with Gasteiger partial charge in [0.1, 0.15) is 6.10 Å². The number of esters is 1. The highest BCUT2D eigenvalue weighted by Gasteiger charge is 2.48. The normalized spacial score (nSPS) is 35.1. The van der Waals surface area contributed by atoms with E-state index >= 15 is 0 Å². The summed E-state index contributed by atoms with van der Waals surface area (Å²) >= 11 is 0. The molecule has 0 spiro atoms. The molecule has 1 fully saturated rings. The monoisotopic (exact) mass is 224 g/mol. The van der Waals surface area contributed by atoms with Crippen molar-refractivity contribution in [3.8, 4) is 0 Å². The van der Waals surface area contributed by atoms with Crippen LogP contribution in [0.2, 0.25) is 0 Å². The molecule has 2 aliphatic carbocycles. The van der Waals surface area contributed by atoms with Crippen LogP contribution >= 0.6 is 0 Å². The second kappa shape index (κ2) is 4.21. The summed E-state index contributed by atoms with van der Waals surface area (Å²) in [5, 5.41) is 9.48. The molecule has 16 heavy (non-hydrogen) atoms. The van der Waals surface area contributed by atoms with Gasteiger partial charge in [0.2, 0.25) is 0 Å². The zero-order chi connectivity index (χ0) is 11.8. The lowest BCUT2D eigenvalue weighted by atomic mass is 9.88. The molecule has 4 unspecified atom stereocenters. The van der Waals surface area contributed by atoms with Gasteiger partial charge in [-0.2, -0.15) is 0 Å². The third-order valence-corrected chi connectivity index (χ3v) is 3.88. The van der Waals surface area contributed by atoms with Crippen LogP contribution in [0.1, 0.15) is 39.5 Å². The van der Waals surface area contributed by atoms with Crippen molar-refractivity contribution in [3.63, 3.8) is 0 Å². The van der Waals surface area contributed by atoms with Gasteiger partial charge in [-0.3, -0.25) is 4.79 Å². The number of aliphatic hydroxyl groups excluding tert-OH is 1. The summed E-state index contributed by atoms with van der Waals surface area (Å²) in [5.74, 6) is 0.427. The third-order valence-electron chi connectivity index (χ3n) is 3.88.